The number of aliphatic hydroxyl groups is 1. The number of fused-ring (bicyclic) bond motifs is 1. The number of thiophene rings is 1. The van der Waals surface area contributed by atoms with Gasteiger partial charge in [-0.2, -0.15) is 0 Å². The summed E-state index contributed by atoms with van der Waals surface area (Å²) in [6, 6.07) is 18.4. The maximum atomic E-state index is 10.6. The van der Waals surface area contributed by atoms with E-state index in [9.17, 15) is 5.11 Å². The third kappa shape index (κ3) is 4.47. The van der Waals surface area contributed by atoms with Crippen LogP contribution >= 0.6 is 11.3 Å². The molecular weight excluding hydrogens is 382 g/mol. The molecule has 0 bridgehead atoms. The Balaban J connectivity index is 1.37. The Morgan fingerprint density at radius 1 is 1.17 bits per heavy atom. The molecular formula is C22H23N5OS. The van der Waals surface area contributed by atoms with Gasteiger partial charge in [-0.3, -0.25) is 4.99 Å². The van der Waals surface area contributed by atoms with Crippen LogP contribution in [0.25, 0.3) is 15.8 Å². The Hall–Kier alpha value is -3.16. The van der Waals surface area contributed by atoms with Crippen molar-refractivity contribution < 1.29 is 5.11 Å². The number of aliphatic imine (C=N–C) groups is 1. The number of aliphatic hydroxyl groups excluding tert-OH is 1. The third-order valence-electron chi connectivity index (χ3n) is 4.68. The normalized spacial score (nSPS) is 12.8. The Labute approximate surface area is 173 Å². The van der Waals surface area contributed by atoms with Gasteiger partial charge in [0.1, 0.15) is 6.10 Å². The average molecular weight is 406 g/mol. The zero-order valence-electron chi connectivity index (χ0n) is 16.1. The molecule has 0 spiro atoms. The molecule has 2 heterocycles. The van der Waals surface area contributed by atoms with Crippen LogP contribution in [0.2, 0.25) is 0 Å². The molecule has 0 aliphatic carbocycles. The summed E-state index contributed by atoms with van der Waals surface area (Å²) >= 11 is 1.62. The van der Waals surface area contributed by atoms with Crippen molar-refractivity contribution in [2.45, 2.75) is 12.6 Å². The van der Waals surface area contributed by atoms with E-state index < -0.39 is 6.10 Å². The van der Waals surface area contributed by atoms with E-state index >= 15 is 0 Å². The van der Waals surface area contributed by atoms with Crippen molar-refractivity contribution in [1.29, 1.82) is 0 Å². The minimum absolute atomic E-state index is 0.385. The number of nitrogens with one attached hydrogen (secondary N) is 2. The van der Waals surface area contributed by atoms with Gasteiger partial charge in [-0.25, -0.2) is 4.98 Å². The number of rotatable bonds is 6. The monoisotopic (exact) mass is 405 g/mol. The number of imidazole rings is 1. The molecule has 0 saturated heterocycles. The van der Waals surface area contributed by atoms with Crippen molar-refractivity contribution in [1.82, 2.24) is 20.2 Å². The average Bonchev–Trinajstić information content (AvgIpc) is 3.44. The standard InChI is InChI=1S/C22H23N5OS/c1-23-22(25-13-17-7-2-4-8-18(17)27-11-10-24-15-27)26-14-19(28)21-12-16-6-3-5-9-20(16)29-21/h2-12,15,19,28H,13-14H2,1H3,(H2,23,25,26). The first-order valence-electron chi connectivity index (χ1n) is 9.42. The summed E-state index contributed by atoms with van der Waals surface area (Å²) in [6.07, 6.45) is 4.88. The molecule has 2 aromatic carbocycles. The molecule has 4 rings (SSSR count). The van der Waals surface area contributed by atoms with Crippen LogP contribution in [0.4, 0.5) is 0 Å². The highest BCUT2D eigenvalue weighted by atomic mass is 32.1. The summed E-state index contributed by atoms with van der Waals surface area (Å²) in [4.78, 5) is 9.34. The topological polar surface area (TPSA) is 74.5 Å². The number of benzene rings is 2. The molecule has 148 valence electrons. The minimum Gasteiger partial charge on any atom is -0.386 e. The molecule has 1 atom stereocenters. The van der Waals surface area contributed by atoms with E-state index in [1.807, 2.05) is 41.1 Å². The highest BCUT2D eigenvalue weighted by molar-refractivity contribution is 7.19. The zero-order chi connectivity index (χ0) is 20.1. The lowest BCUT2D eigenvalue weighted by Crippen LogP contribution is -2.39. The van der Waals surface area contributed by atoms with Crippen molar-refractivity contribution in [3.05, 3.63) is 83.8 Å². The highest BCUT2D eigenvalue weighted by Crippen LogP contribution is 2.29. The van der Waals surface area contributed by atoms with Crippen molar-refractivity contribution in [2.24, 2.45) is 4.99 Å². The lowest BCUT2D eigenvalue weighted by Gasteiger charge is -2.16. The zero-order valence-corrected chi connectivity index (χ0v) is 16.9. The van der Waals surface area contributed by atoms with Gasteiger partial charge in [0.2, 0.25) is 0 Å². The molecule has 0 aliphatic heterocycles. The Kier molecular flexibility index (Phi) is 5.88. The van der Waals surface area contributed by atoms with Crippen LogP contribution in [0.1, 0.15) is 16.5 Å². The van der Waals surface area contributed by atoms with Gasteiger partial charge in [-0.05, 0) is 29.1 Å². The maximum absolute atomic E-state index is 10.6. The number of aromatic nitrogens is 2. The molecule has 29 heavy (non-hydrogen) atoms. The molecule has 7 heteroatoms. The van der Waals surface area contributed by atoms with Gasteiger partial charge >= 0.3 is 0 Å². The lowest BCUT2D eigenvalue weighted by molar-refractivity contribution is 0.184. The number of nitrogens with zero attached hydrogens (tertiary/aromatic N) is 3. The van der Waals surface area contributed by atoms with E-state index in [0.29, 0.717) is 19.0 Å². The van der Waals surface area contributed by atoms with Crippen LogP contribution in [0.15, 0.2) is 78.3 Å². The van der Waals surface area contributed by atoms with Crippen LogP contribution < -0.4 is 10.6 Å². The van der Waals surface area contributed by atoms with Crippen molar-refractivity contribution in [3.8, 4) is 5.69 Å². The van der Waals surface area contributed by atoms with Crippen molar-refractivity contribution in [3.63, 3.8) is 0 Å². The van der Waals surface area contributed by atoms with Gasteiger partial charge in [-0.1, -0.05) is 36.4 Å². The second kappa shape index (κ2) is 8.89. The molecule has 3 N–H and O–H groups in total. The SMILES string of the molecule is CN=C(NCc1ccccc1-n1ccnc1)NCC(O)c1cc2ccccc2s1. The van der Waals surface area contributed by atoms with Gasteiger partial charge in [0.05, 0.1) is 12.0 Å². The van der Waals surface area contributed by atoms with Crippen LogP contribution in [0, 0.1) is 0 Å². The first-order valence-corrected chi connectivity index (χ1v) is 10.2. The van der Waals surface area contributed by atoms with Crippen LogP contribution in [-0.2, 0) is 6.54 Å². The fraction of sp³-hybridized carbons (Fsp3) is 0.182. The second-order valence-corrected chi connectivity index (χ2v) is 7.72. The quantitative estimate of drug-likeness (QED) is 0.339. The first kappa shape index (κ1) is 19.2. The first-order chi connectivity index (χ1) is 14.2. The van der Waals surface area contributed by atoms with Crippen LogP contribution in [-0.4, -0.2) is 34.2 Å². The fourth-order valence-corrected chi connectivity index (χ4v) is 4.22. The van der Waals surface area contributed by atoms with Gasteiger partial charge in [0, 0.05) is 42.1 Å². The van der Waals surface area contributed by atoms with Gasteiger partial charge in [0.25, 0.3) is 0 Å². The summed E-state index contributed by atoms with van der Waals surface area (Å²) in [6.45, 7) is 0.989. The summed E-state index contributed by atoms with van der Waals surface area (Å²) in [5, 5.41) is 18.3. The highest BCUT2D eigenvalue weighted by Gasteiger charge is 2.12. The van der Waals surface area contributed by atoms with Crippen molar-refractivity contribution in [2.75, 3.05) is 13.6 Å². The van der Waals surface area contributed by atoms with Gasteiger partial charge in [0.15, 0.2) is 5.96 Å². The van der Waals surface area contributed by atoms with E-state index in [4.69, 9.17) is 0 Å². The number of hydrogen-bond acceptors (Lipinski definition) is 4. The van der Waals surface area contributed by atoms with Crippen LogP contribution in [0.3, 0.4) is 0 Å². The third-order valence-corrected chi connectivity index (χ3v) is 5.90. The molecule has 0 amide bonds. The predicted octanol–water partition coefficient (Wildman–Crippen LogP) is 3.49. The Bertz CT molecular complexity index is 1070. The minimum atomic E-state index is -0.593. The Morgan fingerprint density at radius 2 is 2.00 bits per heavy atom. The maximum Gasteiger partial charge on any atom is 0.191 e. The second-order valence-electron chi connectivity index (χ2n) is 6.61. The molecule has 0 aliphatic rings. The van der Waals surface area contributed by atoms with Crippen molar-refractivity contribution >= 4 is 27.4 Å². The smallest absolute Gasteiger partial charge is 0.191 e. The van der Waals surface area contributed by atoms with E-state index in [1.165, 1.54) is 4.70 Å². The predicted molar refractivity (Wildman–Crippen MR) is 119 cm³/mol. The van der Waals surface area contributed by atoms with E-state index in [1.54, 1.807) is 30.9 Å². The molecule has 4 aromatic rings. The van der Waals surface area contributed by atoms with Crippen LogP contribution in [0.5, 0.6) is 0 Å². The summed E-state index contributed by atoms with van der Waals surface area (Å²) in [7, 11) is 1.73. The van der Waals surface area contributed by atoms with Gasteiger partial charge < -0.3 is 20.3 Å². The van der Waals surface area contributed by atoms with E-state index in [2.05, 4.69) is 44.9 Å². The molecule has 6 nitrogen and oxygen atoms in total. The van der Waals surface area contributed by atoms with Gasteiger partial charge in [-0.15, -0.1) is 11.3 Å². The largest absolute Gasteiger partial charge is 0.386 e. The summed E-state index contributed by atoms with van der Waals surface area (Å²) < 4.78 is 3.17. The fourth-order valence-electron chi connectivity index (χ4n) is 3.17. The molecule has 2 aromatic heterocycles. The summed E-state index contributed by atoms with van der Waals surface area (Å²) in [5.74, 6) is 0.644. The number of guanidine groups is 1. The molecule has 0 fully saturated rings. The molecule has 1 unspecified atom stereocenters. The lowest BCUT2D eigenvalue weighted by atomic mass is 10.1. The van der Waals surface area contributed by atoms with E-state index in [0.717, 1.165) is 21.5 Å². The molecule has 0 radical (unpaired) electrons. The summed E-state index contributed by atoms with van der Waals surface area (Å²) in [5.41, 5.74) is 2.19. The number of hydrogen-bond donors (Lipinski definition) is 3. The molecule has 0 saturated carbocycles. The van der Waals surface area contributed by atoms with E-state index in [-0.39, 0.29) is 0 Å². The number of para-hydroxylation sites is 1. The Morgan fingerprint density at radius 3 is 2.79 bits per heavy atom.